The molecule has 0 bridgehead atoms. The van der Waals surface area contributed by atoms with Crippen LogP contribution >= 0.6 is 23.2 Å². The number of carbonyl (C=O) groups is 1. The third kappa shape index (κ3) is 5.13. The van der Waals surface area contributed by atoms with Crippen LogP contribution in [-0.4, -0.2) is 25.7 Å². The summed E-state index contributed by atoms with van der Waals surface area (Å²) in [6.07, 6.45) is 2.93. The van der Waals surface area contributed by atoms with Gasteiger partial charge in [0, 0.05) is 29.0 Å². The average molecular weight is 456 g/mol. The molecule has 0 aliphatic carbocycles. The van der Waals surface area contributed by atoms with Gasteiger partial charge in [-0.05, 0) is 36.2 Å². The van der Waals surface area contributed by atoms with E-state index in [4.69, 9.17) is 23.2 Å². The van der Waals surface area contributed by atoms with Crippen molar-refractivity contribution in [1.29, 1.82) is 0 Å². The molecule has 31 heavy (non-hydrogen) atoms. The summed E-state index contributed by atoms with van der Waals surface area (Å²) in [7, 11) is 0. The van der Waals surface area contributed by atoms with E-state index >= 15 is 0 Å². The Bertz CT molecular complexity index is 1300. The van der Waals surface area contributed by atoms with Gasteiger partial charge in [0.1, 0.15) is 11.6 Å². The largest absolute Gasteiger partial charge is 0.311 e. The molecule has 1 amide bonds. The molecule has 0 aliphatic rings. The van der Waals surface area contributed by atoms with Crippen molar-refractivity contribution >= 4 is 45.8 Å². The lowest BCUT2D eigenvalue weighted by molar-refractivity contribution is -0.116. The number of amides is 1. The van der Waals surface area contributed by atoms with E-state index in [9.17, 15) is 9.59 Å². The number of fused-ring (bicyclic) bond motifs is 1. The Balaban J connectivity index is 1.35. The smallest absolute Gasteiger partial charge is 0.258 e. The van der Waals surface area contributed by atoms with E-state index in [0.29, 0.717) is 52.0 Å². The molecule has 0 unspecified atom stereocenters. The van der Waals surface area contributed by atoms with Crippen molar-refractivity contribution in [2.24, 2.45) is 0 Å². The highest BCUT2D eigenvalue weighted by atomic mass is 35.5. The number of hydrogen-bond acceptors (Lipinski definition) is 4. The van der Waals surface area contributed by atoms with E-state index < -0.39 is 0 Å². The summed E-state index contributed by atoms with van der Waals surface area (Å²) in [5.74, 6) is 0.999. The molecule has 2 aromatic carbocycles. The molecule has 9 heteroatoms. The summed E-state index contributed by atoms with van der Waals surface area (Å²) in [5.41, 5.74) is 1.32. The third-order valence-corrected chi connectivity index (χ3v) is 5.39. The first-order chi connectivity index (χ1) is 15.0. The van der Waals surface area contributed by atoms with Gasteiger partial charge >= 0.3 is 0 Å². The standard InChI is InChI=1S/C22H19Cl2N5O2/c23-15-9-8-14(17(24)12-15)13-29-20(10-11-25-29)28-21(30)7-3-6-19-26-18-5-2-1-4-16(18)22(31)27-19/h1-2,4-5,8-12H,3,6-7,13H2,(H,28,30)(H,26,27,31). The summed E-state index contributed by atoms with van der Waals surface area (Å²) in [5, 5.41) is 8.78. The van der Waals surface area contributed by atoms with Crippen molar-refractivity contribution in [1.82, 2.24) is 19.7 Å². The number of aromatic nitrogens is 4. The number of halogens is 2. The molecule has 0 saturated carbocycles. The first kappa shape index (κ1) is 21.1. The van der Waals surface area contributed by atoms with Gasteiger partial charge in [-0.3, -0.25) is 9.59 Å². The Labute approximate surface area is 188 Å². The molecule has 0 fully saturated rings. The van der Waals surface area contributed by atoms with Crippen molar-refractivity contribution in [2.75, 3.05) is 5.32 Å². The lowest BCUT2D eigenvalue weighted by Gasteiger charge is -2.10. The highest BCUT2D eigenvalue weighted by Crippen LogP contribution is 2.22. The van der Waals surface area contributed by atoms with Gasteiger partial charge in [0.15, 0.2) is 0 Å². The van der Waals surface area contributed by atoms with Crippen molar-refractivity contribution in [3.05, 3.63) is 86.5 Å². The van der Waals surface area contributed by atoms with Crippen molar-refractivity contribution in [2.45, 2.75) is 25.8 Å². The van der Waals surface area contributed by atoms with Crippen LogP contribution in [0.3, 0.4) is 0 Å². The number of benzene rings is 2. The zero-order valence-corrected chi connectivity index (χ0v) is 18.0. The predicted octanol–water partition coefficient (Wildman–Crippen LogP) is 4.44. The maximum absolute atomic E-state index is 12.4. The predicted molar refractivity (Wildman–Crippen MR) is 122 cm³/mol. The fourth-order valence-electron chi connectivity index (χ4n) is 3.25. The zero-order valence-electron chi connectivity index (χ0n) is 16.4. The number of aryl methyl sites for hydroxylation is 1. The fraction of sp³-hybridized carbons (Fsp3) is 0.182. The van der Waals surface area contributed by atoms with Gasteiger partial charge in [-0.25, -0.2) is 9.67 Å². The SMILES string of the molecule is O=C(CCCc1nc2ccccc2c(=O)[nH]1)Nc1ccnn1Cc1ccc(Cl)cc1Cl. The highest BCUT2D eigenvalue weighted by Gasteiger charge is 2.11. The van der Waals surface area contributed by atoms with Gasteiger partial charge in [-0.1, -0.05) is 41.4 Å². The second-order valence-electron chi connectivity index (χ2n) is 7.04. The number of H-pyrrole nitrogens is 1. The maximum atomic E-state index is 12.4. The Morgan fingerprint density at radius 1 is 1.13 bits per heavy atom. The second kappa shape index (κ2) is 9.32. The van der Waals surface area contributed by atoms with Crippen LogP contribution in [0.4, 0.5) is 5.82 Å². The van der Waals surface area contributed by atoms with Gasteiger partial charge < -0.3 is 10.3 Å². The Morgan fingerprint density at radius 3 is 2.81 bits per heavy atom. The molecular formula is C22H19Cl2N5O2. The molecule has 0 saturated heterocycles. The quantitative estimate of drug-likeness (QED) is 0.430. The lowest BCUT2D eigenvalue weighted by atomic mass is 10.2. The lowest BCUT2D eigenvalue weighted by Crippen LogP contribution is -2.17. The van der Waals surface area contributed by atoms with Crippen LogP contribution in [0, 0.1) is 0 Å². The van der Waals surface area contributed by atoms with E-state index in [1.807, 2.05) is 12.1 Å². The van der Waals surface area contributed by atoms with Gasteiger partial charge in [0.05, 0.1) is 23.6 Å². The molecule has 7 nitrogen and oxygen atoms in total. The average Bonchev–Trinajstić information content (AvgIpc) is 3.16. The summed E-state index contributed by atoms with van der Waals surface area (Å²) in [4.78, 5) is 31.8. The summed E-state index contributed by atoms with van der Waals surface area (Å²) >= 11 is 12.2. The van der Waals surface area contributed by atoms with Gasteiger partial charge in [-0.2, -0.15) is 5.10 Å². The highest BCUT2D eigenvalue weighted by molar-refractivity contribution is 6.35. The summed E-state index contributed by atoms with van der Waals surface area (Å²) < 4.78 is 1.66. The number of rotatable bonds is 7. The third-order valence-electron chi connectivity index (χ3n) is 4.80. The van der Waals surface area contributed by atoms with Gasteiger partial charge in [0.25, 0.3) is 5.56 Å². The zero-order chi connectivity index (χ0) is 21.8. The Kier molecular flexibility index (Phi) is 6.34. The van der Waals surface area contributed by atoms with Gasteiger partial charge in [0.2, 0.25) is 5.91 Å². The molecule has 4 aromatic rings. The summed E-state index contributed by atoms with van der Waals surface area (Å²) in [6, 6.07) is 14.2. The van der Waals surface area contributed by atoms with E-state index in [1.54, 1.807) is 47.3 Å². The van der Waals surface area contributed by atoms with Crippen LogP contribution in [-0.2, 0) is 17.8 Å². The first-order valence-corrected chi connectivity index (χ1v) is 10.5. The summed E-state index contributed by atoms with van der Waals surface area (Å²) in [6.45, 7) is 0.404. The van der Waals surface area contributed by atoms with Crippen molar-refractivity contribution in [3.63, 3.8) is 0 Å². The van der Waals surface area contributed by atoms with Crippen LogP contribution < -0.4 is 10.9 Å². The molecule has 0 radical (unpaired) electrons. The van der Waals surface area contributed by atoms with Gasteiger partial charge in [-0.15, -0.1) is 0 Å². The minimum atomic E-state index is -0.171. The van der Waals surface area contributed by atoms with Crippen molar-refractivity contribution < 1.29 is 4.79 Å². The van der Waals surface area contributed by atoms with E-state index in [1.165, 1.54) is 0 Å². The molecule has 2 aromatic heterocycles. The minimum absolute atomic E-state index is 0.146. The van der Waals surface area contributed by atoms with Crippen molar-refractivity contribution in [3.8, 4) is 0 Å². The monoisotopic (exact) mass is 455 g/mol. The van der Waals surface area contributed by atoms with E-state index in [-0.39, 0.29) is 17.9 Å². The molecule has 0 atom stereocenters. The number of aromatic amines is 1. The molecule has 0 spiro atoms. The van der Waals surface area contributed by atoms with E-state index in [2.05, 4.69) is 20.4 Å². The molecule has 2 N–H and O–H groups in total. The van der Waals surface area contributed by atoms with E-state index in [0.717, 1.165) is 5.56 Å². The number of nitrogens with zero attached hydrogens (tertiary/aromatic N) is 3. The Hall–Kier alpha value is -3.16. The number of carbonyl (C=O) groups excluding carboxylic acids is 1. The topological polar surface area (TPSA) is 92.7 Å². The number of nitrogens with one attached hydrogen (secondary N) is 2. The van der Waals surface area contributed by atoms with Crippen LogP contribution in [0.25, 0.3) is 10.9 Å². The Morgan fingerprint density at radius 2 is 1.97 bits per heavy atom. The van der Waals surface area contributed by atoms with Crippen LogP contribution in [0.1, 0.15) is 24.2 Å². The number of anilines is 1. The van der Waals surface area contributed by atoms with Crippen LogP contribution in [0.2, 0.25) is 10.0 Å². The second-order valence-corrected chi connectivity index (χ2v) is 7.88. The normalized spacial score (nSPS) is 11.0. The first-order valence-electron chi connectivity index (χ1n) is 9.73. The number of para-hydroxylation sites is 1. The molecule has 158 valence electrons. The van der Waals surface area contributed by atoms with Crippen LogP contribution in [0.5, 0.6) is 0 Å². The minimum Gasteiger partial charge on any atom is -0.311 e. The fourth-order valence-corrected chi connectivity index (χ4v) is 3.72. The molecular weight excluding hydrogens is 437 g/mol. The maximum Gasteiger partial charge on any atom is 0.258 e. The molecule has 2 heterocycles. The number of hydrogen-bond donors (Lipinski definition) is 2. The molecule has 4 rings (SSSR count). The van der Waals surface area contributed by atoms with Crippen LogP contribution in [0.15, 0.2) is 59.5 Å². The molecule has 0 aliphatic heterocycles.